The van der Waals surface area contributed by atoms with Gasteiger partial charge in [-0.3, -0.25) is 4.79 Å². The molecule has 1 saturated heterocycles. The van der Waals surface area contributed by atoms with Gasteiger partial charge in [0.25, 0.3) is 5.91 Å². The fourth-order valence-electron chi connectivity index (χ4n) is 3.91. The molecule has 0 aromatic heterocycles. The zero-order chi connectivity index (χ0) is 26.9. The second kappa shape index (κ2) is 9.53. The van der Waals surface area contributed by atoms with Gasteiger partial charge in [0, 0.05) is 13.1 Å². The second-order valence-electron chi connectivity index (χ2n) is 9.28. The Labute approximate surface area is 206 Å². The molecule has 11 heteroatoms. The van der Waals surface area contributed by atoms with Crippen LogP contribution in [0.15, 0.2) is 48.5 Å². The number of hydrogen-bond acceptors (Lipinski definition) is 5. The Morgan fingerprint density at radius 2 is 1.75 bits per heavy atom. The summed E-state index contributed by atoms with van der Waals surface area (Å²) in [6.07, 6.45) is -5.59. The van der Waals surface area contributed by atoms with Crippen molar-refractivity contribution >= 4 is 23.7 Å². The third-order valence-corrected chi connectivity index (χ3v) is 5.61. The number of nitriles is 1. The molecule has 1 N–H and O–H groups in total. The van der Waals surface area contributed by atoms with Crippen molar-refractivity contribution in [1.82, 2.24) is 10.2 Å². The summed E-state index contributed by atoms with van der Waals surface area (Å²) < 4.78 is 45.8. The van der Waals surface area contributed by atoms with E-state index in [1.165, 1.54) is 17.9 Å². The number of rotatable bonds is 5. The van der Waals surface area contributed by atoms with Gasteiger partial charge >= 0.3 is 18.3 Å². The Hall–Kier alpha value is -4.07. The maximum absolute atomic E-state index is 13.7. The maximum Gasteiger partial charge on any atom is 0.417 e. The highest BCUT2D eigenvalue weighted by Crippen LogP contribution is 2.41. The summed E-state index contributed by atoms with van der Waals surface area (Å²) in [4.78, 5) is 41.0. The number of imide groups is 1. The molecular formula is C25H25F3N4O4. The molecule has 2 aromatic rings. The van der Waals surface area contributed by atoms with Crippen LogP contribution in [0.5, 0.6) is 0 Å². The summed E-state index contributed by atoms with van der Waals surface area (Å²) >= 11 is 0. The summed E-state index contributed by atoms with van der Waals surface area (Å²) in [6, 6.07) is 11.6. The highest BCUT2D eigenvalue weighted by molar-refractivity contribution is 6.23. The number of nitrogens with one attached hydrogen (secondary N) is 1. The van der Waals surface area contributed by atoms with Crippen LogP contribution in [-0.2, 0) is 21.2 Å². The van der Waals surface area contributed by atoms with E-state index in [2.05, 4.69) is 5.32 Å². The third kappa shape index (κ3) is 5.12. The Balaban J connectivity index is 2.00. The number of carbonyl (C=O) groups excluding carboxylic acids is 3. The Morgan fingerprint density at radius 3 is 2.31 bits per heavy atom. The summed E-state index contributed by atoms with van der Waals surface area (Å²) in [6.45, 7) is 6.34. The van der Waals surface area contributed by atoms with Gasteiger partial charge in [-0.2, -0.15) is 18.4 Å². The van der Waals surface area contributed by atoms with Crippen molar-refractivity contribution in [2.45, 2.75) is 45.0 Å². The first-order valence-electron chi connectivity index (χ1n) is 11.0. The lowest BCUT2D eigenvalue weighted by atomic mass is 9.90. The number of benzene rings is 2. The fraction of sp³-hybridized carbons (Fsp3) is 0.360. The molecule has 36 heavy (non-hydrogen) atoms. The highest BCUT2D eigenvalue weighted by Gasteiger charge is 2.56. The van der Waals surface area contributed by atoms with E-state index in [0.717, 1.165) is 12.1 Å². The molecule has 1 atom stereocenters. The van der Waals surface area contributed by atoms with Crippen LogP contribution in [0.3, 0.4) is 0 Å². The standard InChI is InChI=1S/C25H25F3N4O4/c1-23(2,3)36-21(34)30-12-13-31-22(35)32(20(33)24(31,4)17-8-6-5-7-9-17)18-11-10-16(15-29)19(14-18)25(26,27)28/h5-11,14H,12-13H2,1-4H3,(H,30,34). The molecule has 0 bridgehead atoms. The van der Waals surface area contributed by atoms with Crippen LogP contribution in [0, 0.1) is 11.3 Å². The Morgan fingerprint density at radius 1 is 1.11 bits per heavy atom. The van der Waals surface area contributed by atoms with Crippen LogP contribution < -0.4 is 10.2 Å². The quantitative estimate of drug-likeness (QED) is 0.593. The summed E-state index contributed by atoms with van der Waals surface area (Å²) in [5, 5.41) is 11.6. The van der Waals surface area contributed by atoms with Crippen molar-refractivity contribution in [3.8, 4) is 6.07 Å². The van der Waals surface area contributed by atoms with Gasteiger partial charge in [-0.1, -0.05) is 30.3 Å². The SMILES string of the molecule is CC(C)(C)OC(=O)NCCN1C(=O)N(c2ccc(C#N)c(C(F)(F)F)c2)C(=O)C1(C)c1ccccc1. The van der Waals surface area contributed by atoms with Crippen molar-refractivity contribution in [1.29, 1.82) is 5.26 Å². The van der Waals surface area contributed by atoms with Gasteiger partial charge in [0.05, 0.1) is 22.9 Å². The van der Waals surface area contributed by atoms with Gasteiger partial charge in [0.2, 0.25) is 0 Å². The lowest BCUT2D eigenvalue weighted by Gasteiger charge is -2.32. The number of amides is 4. The van der Waals surface area contributed by atoms with Crippen molar-refractivity contribution in [2.75, 3.05) is 18.0 Å². The van der Waals surface area contributed by atoms with Crippen LogP contribution in [-0.4, -0.2) is 41.6 Å². The summed E-state index contributed by atoms with van der Waals surface area (Å²) in [5.41, 5.74) is -4.08. The minimum Gasteiger partial charge on any atom is -0.444 e. The molecular weight excluding hydrogens is 477 g/mol. The number of hydrogen-bond donors (Lipinski definition) is 1. The molecule has 1 unspecified atom stereocenters. The van der Waals surface area contributed by atoms with Crippen molar-refractivity contribution in [3.63, 3.8) is 0 Å². The fourth-order valence-corrected chi connectivity index (χ4v) is 3.91. The van der Waals surface area contributed by atoms with Gasteiger partial charge < -0.3 is 15.0 Å². The molecule has 0 radical (unpaired) electrons. The average molecular weight is 502 g/mol. The zero-order valence-corrected chi connectivity index (χ0v) is 20.1. The molecule has 1 heterocycles. The predicted octanol–water partition coefficient (Wildman–Crippen LogP) is 4.79. The Kier molecular flexibility index (Phi) is 7.02. The maximum atomic E-state index is 13.7. The molecule has 190 valence electrons. The molecule has 0 saturated carbocycles. The van der Waals surface area contributed by atoms with Crippen LogP contribution in [0.2, 0.25) is 0 Å². The van der Waals surface area contributed by atoms with Crippen molar-refractivity contribution in [3.05, 3.63) is 65.2 Å². The third-order valence-electron chi connectivity index (χ3n) is 5.61. The minimum absolute atomic E-state index is 0.0780. The molecule has 8 nitrogen and oxygen atoms in total. The molecule has 3 rings (SSSR count). The van der Waals surface area contributed by atoms with Crippen LogP contribution in [0.25, 0.3) is 0 Å². The monoisotopic (exact) mass is 502 g/mol. The number of ether oxygens (including phenoxy) is 1. The number of nitrogens with zero attached hydrogens (tertiary/aromatic N) is 3. The highest BCUT2D eigenvalue weighted by atomic mass is 19.4. The number of halogens is 3. The number of alkyl carbamates (subject to hydrolysis) is 1. The van der Waals surface area contributed by atoms with Gasteiger partial charge in [-0.25, -0.2) is 14.5 Å². The number of urea groups is 1. The molecule has 0 aliphatic carbocycles. The molecule has 1 aliphatic rings. The van der Waals surface area contributed by atoms with E-state index in [4.69, 9.17) is 10.00 Å². The normalized spacial score (nSPS) is 18.3. The van der Waals surface area contributed by atoms with Gasteiger partial charge in [0.1, 0.15) is 11.1 Å². The molecule has 0 spiro atoms. The molecule has 4 amide bonds. The first kappa shape index (κ1) is 26.5. The van der Waals surface area contributed by atoms with E-state index in [1.54, 1.807) is 51.1 Å². The first-order valence-corrected chi connectivity index (χ1v) is 11.0. The molecule has 1 fully saturated rings. The van der Waals surface area contributed by atoms with Gasteiger partial charge in [-0.15, -0.1) is 0 Å². The van der Waals surface area contributed by atoms with E-state index >= 15 is 0 Å². The van der Waals surface area contributed by atoms with Crippen LogP contribution >= 0.6 is 0 Å². The predicted molar refractivity (Wildman–Crippen MR) is 124 cm³/mol. The second-order valence-corrected chi connectivity index (χ2v) is 9.28. The van der Waals surface area contributed by atoms with Gasteiger partial charge in [-0.05, 0) is 51.5 Å². The van der Waals surface area contributed by atoms with Crippen molar-refractivity contribution in [2.24, 2.45) is 0 Å². The smallest absolute Gasteiger partial charge is 0.417 e. The number of carbonyl (C=O) groups is 3. The number of anilines is 1. The molecule has 2 aromatic carbocycles. The topological polar surface area (TPSA) is 103 Å². The summed E-state index contributed by atoms with van der Waals surface area (Å²) in [5.74, 6) is -0.770. The number of alkyl halides is 3. The largest absolute Gasteiger partial charge is 0.444 e. The Bertz CT molecular complexity index is 1220. The van der Waals surface area contributed by atoms with Crippen LogP contribution in [0.1, 0.15) is 44.4 Å². The van der Waals surface area contributed by atoms with E-state index < -0.39 is 46.5 Å². The molecule has 1 aliphatic heterocycles. The summed E-state index contributed by atoms with van der Waals surface area (Å²) in [7, 11) is 0. The lowest BCUT2D eigenvalue weighted by molar-refractivity contribution is -0.137. The average Bonchev–Trinajstić information content (AvgIpc) is 2.98. The van der Waals surface area contributed by atoms with E-state index in [0.29, 0.717) is 16.5 Å². The van der Waals surface area contributed by atoms with E-state index in [-0.39, 0.29) is 18.8 Å². The van der Waals surface area contributed by atoms with Gasteiger partial charge in [0.15, 0.2) is 0 Å². The van der Waals surface area contributed by atoms with E-state index in [1.807, 2.05) is 0 Å². The van der Waals surface area contributed by atoms with E-state index in [9.17, 15) is 27.6 Å². The lowest BCUT2D eigenvalue weighted by Crippen LogP contribution is -2.47. The van der Waals surface area contributed by atoms with Crippen molar-refractivity contribution < 1.29 is 32.3 Å². The zero-order valence-electron chi connectivity index (χ0n) is 20.1. The minimum atomic E-state index is -4.87. The van der Waals surface area contributed by atoms with Crippen LogP contribution in [0.4, 0.5) is 28.4 Å². The first-order chi connectivity index (χ1) is 16.7.